The van der Waals surface area contributed by atoms with Gasteiger partial charge >= 0.3 is 11.9 Å². The third-order valence-electron chi connectivity index (χ3n) is 3.24. The maximum absolute atomic E-state index is 12.1. The molecule has 0 unspecified atom stereocenters. The zero-order valence-electron chi connectivity index (χ0n) is 12.9. The van der Waals surface area contributed by atoms with Gasteiger partial charge in [0, 0.05) is 6.07 Å². The zero-order valence-corrected chi connectivity index (χ0v) is 12.9. The molecule has 1 heterocycles. The first kappa shape index (κ1) is 15.6. The molecule has 0 saturated carbocycles. The molecule has 1 aromatic heterocycles. The van der Waals surface area contributed by atoms with Crippen molar-refractivity contribution in [1.29, 1.82) is 0 Å². The molecule has 0 fully saturated rings. The molecule has 0 radical (unpaired) electrons. The van der Waals surface area contributed by atoms with Crippen molar-refractivity contribution in [3.05, 3.63) is 83.8 Å². The summed E-state index contributed by atoms with van der Waals surface area (Å²) in [6.07, 6.45) is 1.39. The lowest BCUT2D eigenvalue weighted by Crippen LogP contribution is -2.09. The number of benzene rings is 2. The van der Waals surface area contributed by atoms with Crippen LogP contribution >= 0.6 is 0 Å². The number of ether oxygens (including phenoxy) is 2. The third-order valence-corrected chi connectivity index (χ3v) is 3.24. The summed E-state index contributed by atoms with van der Waals surface area (Å²) in [5.41, 5.74) is 1.50. The Balaban J connectivity index is 1.70. The lowest BCUT2D eigenvalue weighted by atomic mass is 10.1. The Morgan fingerprint density at radius 2 is 1.50 bits per heavy atom. The molecule has 3 aromatic rings. The molecule has 0 spiro atoms. The second-order valence-corrected chi connectivity index (χ2v) is 5.10. The molecule has 0 aliphatic carbocycles. The van der Waals surface area contributed by atoms with Crippen LogP contribution in [-0.4, -0.2) is 11.9 Å². The highest BCUT2D eigenvalue weighted by Gasteiger charge is 2.13. The maximum atomic E-state index is 12.1. The zero-order chi connectivity index (χ0) is 16.9. The summed E-state index contributed by atoms with van der Waals surface area (Å²) < 4.78 is 15.4. The second-order valence-electron chi connectivity index (χ2n) is 5.10. The molecular formula is C19H14O5. The second kappa shape index (κ2) is 6.83. The van der Waals surface area contributed by atoms with E-state index in [9.17, 15) is 9.59 Å². The van der Waals surface area contributed by atoms with Crippen molar-refractivity contribution in [2.75, 3.05) is 0 Å². The monoisotopic (exact) mass is 322 g/mol. The van der Waals surface area contributed by atoms with Gasteiger partial charge in [0.1, 0.15) is 11.5 Å². The molecule has 0 bridgehead atoms. The predicted molar refractivity (Wildman–Crippen MR) is 86.2 cm³/mol. The average molecular weight is 322 g/mol. The Kier molecular flexibility index (Phi) is 4.43. The summed E-state index contributed by atoms with van der Waals surface area (Å²) in [4.78, 5) is 23.9. The van der Waals surface area contributed by atoms with E-state index in [2.05, 4.69) is 0 Å². The minimum atomic E-state index is -0.623. The van der Waals surface area contributed by atoms with Crippen LogP contribution < -0.4 is 9.47 Å². The van der Waals surface area contributed by atoms with Gasteiger partial charge in [0.15, 0.2) is 0 Å². The van der Waals surface area contributed by atoms with Crippen molar-refractivity contribution in [3.8, 4) is 11.5 Å². The van der Waals surface area contributed by atoms with Crippen LogP contribution in [0.25, 0.3) is 0 Å². The minimum Gasteiger partial charge on any atom is -0.457 e. The molecule has 0 aliphatic heterocycles. The molecule has 120 valence electrons. The van der Waals surface area contributed by atoms with Crippen LogP contribution in [0, 0.1) is 6.92 Å². The van der Waals surface area contributed by atoms with Crippen LogP contribution in [0.1, 0.15) is 26.5 Å². The fourth-order valence-electron chi connectivity index (χ4n) is 2.01. The molecule has 0 atom stereocenters. The van der Waals surface area contributed by atoms with Gasteiger partial charge in [-0.05, 0) is 43.3 Å². The van der Waals surface area contributed by atoms with Crippen molar-refractivity contribution in [2.45, 2.75) is 6.92 Å². The largest absolute Gasteiger partial charge is 0.457 e. The Morgan fingerprint density at radius 3 is 2.12 bits per heavy atom. The molecule has 3 rings (SSSR count). The van der Waals surface area contributed by atoms with E-state index in [-0.39, 0.29) is 17.3 Å². The minimum absolute atomic E-state index is 0.0945. The summed E-state index contributed by atoms with van der Waals surface area (Å²) in [7, 11) is 0. The van der Waals surface area contributed by atoms with E-state index < -0.39 is 11.9 Å². The third kappa shape index (κ3) is 3.70. The first-order valence-electron chi connectivity index (χ1n) is 7.26. The molecule has 0 N–H and O–H groups in total. The van der Waals surface area contributed by atoms with Crippen LogP contribution in [0.5, 0.6) is 11.5 Å². The Labute approximate surface area is 138 Å². The topological polar surface area (TPSA) is 65.7 Å². The average Bonchev–Trinajstić information content (AvgIpc) is 3.10. The number of furan rings is 1. The van der Waals surface area contributed by atoms with E-state index in [1.165, 1.54) is 18.4 Å². The Bertz CT molecular complexity index is 848. The van der Waals surface area contributed by atoms with Gasteiger partial charge in [0.25, 0.3) is 0 Å². The lowest BCUT2D eigenvalue weighted by Gasteiger charge is -2.07. The van der Waals surface area contributed by atoms with E-state index in [0.29, 0.717) is 5.56 Å². The van der Waals surface area contributed by atoms with Gasteiger partial charge in [-0.15, -0.1) is 0 Å². The van der Waals surface area contributed by atoms with Gasteiger partial charge in [-0.2, -0.15) is 0 Å². The molecule has 2 aromatic carbocycles. The standard InChI is InChI=1S/C19H14O5/c1-13-7-9-14(10-8-13)18(20)23-15-4-2-5-16(12-15)24-19(21)17-6-3-11-22-17/h2-12H,1H3. The summed E-state index contributed by atoms with van der Waals surface area (Å²) in [5.74, 6) is -0.473. The van der Waals surface area contributed by atoms with Gasteiger partial charge in [-0.25, -0.2) is 9.59 Å². The SMILES string of the molecule is Cc1ccc(C(=O)Oc2cccc(OC(=O)c3ccco3)c2)cc1. The number of esters is 2. The van der Waals surface area contributed by atoms with Crippen molar-refractivity contribution in [3.63, 3.8) is 0 Å². The van der Waals surface area contributed by atoms with Crippen LogP contribution in [0.4, 0.5) is 0 Å². The molecule has 0 saturated heterocycles. The molecule has 24 heavy (non-hydrogen) atoms. The highest BCUT2D eigenvalue weighted by Crippen LogP contribution is 2.21. The van der Waals surface area contributed by atoms with E-state index in [4.69, 9.17) is 13.9 Å². The van der Waals surface area contributed by atoms with Gasteiger partial charge in [0.05, 0.1) is 11.8 Å². The van der Waals surface area contributed by atoms with Gasteiger partial charge in [-0.1, -0.05) is 23.8 Å². The number of hydrogen-bond donors (Lipinski definition) is 0. The molecule has 0 aliphatic rings. The quantitative estimate of drug-likeness (QED) is 0.536. The number of aryl methyl sites for hydroxylation is 1. The normalized spacial score (nSPS) is 10.2. The predicted octanol–water partition coefficient (Wildman–Crippen LogP) is 4.03. The fourth-order valence-corrected chi connectivity index (χ4v) is 2.01. The number of hydrogen-bond acceptors (Lipinski definition) is 5. The summed E-state index contributed by atoms with van der Waals surface area (Å²) in [6.45, 7) is 1.94. The maximum Gasteiger partial charge on any atom is 0.379 e. The van der Waals surface area contributed by atoms with Gasteiger partial charge in [-0.3, -0.25) is 0 Å². The van der Waals surface area contributed by atoms with E-state index in [1.807, 2.05) is 19.1 Å². The van der Waals surface area contributed by atoms with Crippen LogP contribution in [0.2, 0.25) is 0 Å². The highest BCUT2D eigenvalue weighted by molar-refractivity contribution is 5.91. The number of carbonyl (C=O) groups is 2. The lowest BCUT2D eigenvalue weighted by molar-refractivity contribution is 0.0701. The first-order valence-corrected chi connectivity index (χ1v) is 7.26. The van der Waals surface area contributed by atoms with Crippen molar-refractivity contribution < 1.29 is 23.5 Å². The van der Waals surface area contributed by atoms with Gasteiger partial charge < -0.3 is 13.9 Å². The highest BCUT2D eigenvalue weighted by atomic mass is 16.6. The molecule has 0 amide bonds. The van der Waals surface area contributed by atoms with E-state index in [0.717, 1.165) is 5.56 Å². The van der Waals surface area contributed by atoms with Crippen molar-refractivity contribution in [2.24, 2.45) is 0 Å². The van der Waals surface area contributed by atoms with Crippen LogP contribution in [-0.2, 0) is 0 Å². The smallest absolute Gasteiger partial charge is 0.379 e. The Morgan fingerprint density at radius 1 is 0.833 bits per heavy atom. The molecular weight excluding hydrogens is 308 g/mol. The van der Waals surface area contributed by atoms with Crippen LogP contribution in [0.15, 0.2) is 71.3 Å². The van der Waals surface area contributed by atoms with E-state index >= 15 is 0 Å². The fraction of sp³-hybridized carbons (Fsp3) is 0.0526. The summed E-state index contributed by atoms with van der Waals surface area (Å²) >= 11 is 0. The van der Waals surface area contributed by atoms with Crippen molar-refractivity contribution in [1.82, 2.24) is 0 Å². The number of rotatable bonds is 4. The van der Waals surface area contributed by atoms with Crippen LogP contribution in [0.3, 0.4) is 0 Å². The van der Waals surface area contributed by atoms with Crippen molar-refractivity contribution >= 4 is 11.9 Å². The molecule has 5 nitrogen and oxygen atoms in total. The Hall–Kier alpha value is -3.34. The van der Waals surface area contributed by atoms with E-state index in [1.54, 1.807) is 36.4 Å². The van der Waals surface area contributed by atoms with Gasteiger partial charge in [0.2, 0.25) is 5.76 Å². The summed E-state index contributed by atoms with van der Waals surface area (Å²) in [6, 6.07) is 16.4. The summed E-state index contributed by atoms with van der Waals surface area (Å²) in [5, 5.41) is 0. The number of carbonyl (C=O) groups excluding carboxylic acids is 2. The first-order chi connectivity index (χ1) is 11.6. The molecule has 5 heteroatoms.